The van der Waals surface area contributed by atoms with Gasteiger partial charge < -0.3 is 4.90 Å². The summed E-state index contributed by atoms with van der Waals surface area (Å²) >= 11 is 1.61. The summed E-state index contributed by atoms with van der Waals surface area (Å²) in [6.07, 6.45) is 4.04. The molecule has 1 aliphatic carbocycles. The Morgan fingerprint density at radius 1 is 1.50 bits per heavy atom. The van der Waals surface area contributed by atoms with Gasteiger partial charge in [-0.3, -0.25) is 5.43 Å². The van der Waals surface area contributed by atoms with E-state index in [1.807, 2.05) is 5.38 Å². The molecule has 5 nitrogen and oxygen atoms in total. The highest BCUT2D eigenvalue weighted by Crippen LogP contribution is 2.32. The van der Waals surface area contributed by atoms with Gasteiger partial charge in [0.05, 0.1) is 5.39 Å². The molecule has 0 spiro atoms. The molecule has 0 saturated heterocycles. The number of hydrogen-bond donors (Lipinski definition) is 2. The van der Waals surface area contributed by atoms with Crippen molar-refractivity contribution in [3.8, 4) is 0 Å². The standard InChI is InChI=1S/C12H17N5S/c1-17(7-8-3-2-4-8)10-9-5-6-18-11(9)15-12(14-10)16-13/h5-6,8H,2-4,7,13H2,1H3,(H,14,15,16). The van der Waals surface area contributed by atoms with Crippen LogP contribution in [-0.4, -0.2) is 23.6 Å². The van der Waals surface area contributed by atoms with Crippen molar-refractivity contribution in [3.63, 3.8) is 0 Å². The van der Waals surface area contributed by atoms with Crippen molar-refractivity contribution in [2.45, 2.75) is 19.3 Å². The molecule has 3 rings (SSSR count). The van der Waals surface area contributed by atoms with Crippen molar-refractivity contribution in [3.05, 3.63) is 11.4 Å². The predicted octanol–water partition coefficient (Wildman–Crippen LogP) is 2.21. The summed E-state index contributed by atoms with van der Waals surface area (Å²) in [7, 11) is 2.10. The normalized spacial score (nSPS) is 15.7. The predicted molar refractivity (Wildman–Crippen MR) is 75.8 cm³/mol. The number of nitrogen functional groups attached to an aromatic ring is 1. The Balaban J connectivity index is 1.94. The molecule has 2 heterocycles. The van der Waals surface area contributed by atoms with Crippen LogP contribution in [0.2, 0.25) is 0 Å². The summed E-state index contributed by atoms with van der Waals surface area (Å²) in [6.45, 7) is 1.06. The Labute approximate surface area is 110 Å². The molecule has 2 aromatic rings. The molecule has 6 heteroatoms. The number of thiophene rings is 1. The second kappa shape index (κ2) is 4.70. The van der Waals surface area contributed by atoms with Crippen LogP contribution in [0.3, 0.4) is 0 Å². The Kier molecular flexibility index (Phi) is 3.05. The average molecular weight is 263 g/mol. The van der Waals surface area contributed by atoms with Gasteiger partial charge in [-0.15, -0.1) is 11.3 Å². The number of rotatable bonds is 4. The summed E-state index contributed by atoms with van der Waals surface area (Å²) in [5.74, 6) is 7.70. The number of fused-ring (bicyclic) bond motifs is 1. The minimum Gasteiger partial charge on any atom is -0.359 e. The van der Waals surface area contributed by atoms with Crippen molar-refractivity contribution in [1.82, 2.24) is 9.97 Å². The van der Waals surface area contributed by atoms with Gasteiger partial charge in [-0.05, 0) is 30.2 Å². The SMILES string of the molecule is CN(CC1CCC1)c1nc(NN)nc2sccc12. The van der Waals surface area contributed by atoms with Crippen LogP contribution in [-0.2, 0) is 0 Å². The average Bonchev–Trinajstić information content (AvgIpc) is 2.80. The van der Waals surface area contributed by atoms with Gasteiger partial charge in [0.25, 0.3) is 0 Å². The number of nitrogens with two attached hydrogens (primary N) is 1. The van der Waals surface area contributed by atoms with Crippen molar-refractivity contribution in [2.75, 3.05) is 23.9 Å². The van der Waals surface area contributed by atoms with E-state index in [0.29, 0.717) is 5.95 Å². The van der Waals surface area contributed by atoms with Gasteiger partial charge in [-0.1, -0.05) is 6.42 Å². The number of anilines is 2. The maximum absolute atomic E-state index is 5.43. The Hall–Kier alpha value is -1.40. The fourth-order valence-corrected chi connectivity index (χ4v) is 3.10. The van der Waals surface area contributed by atoms with Crippen LogP contribution in [0.15, 0.2) is 11.4 Å². The van der Waals surface area contributed by atoms with Crippen LogP contribution in [0.5, 0.6) is 0 Å². The zero-order valence-electron chi connectivity index (χ0n) is 10.4. The number of nitrogens with one attached hydrogen (secondary N) is 1. The fraction of sp³-hybridized carbons (Fsp3) is 0.500. The Morgan fingerprint density at radius 2 is 2.33 bits per heavy atom. The third-order valence-electron chi connectivity index (χ3n) is 3.55. The maximum atomic E-state index is 5.43. The summed E-state index contributed by atoms with van der Waals surface area (Å²) in [5, 5.41) is 3.15. The lowest BCUT2D eigenvalue weighted by atomic mass is 9.85. The van der Waals surface area contributed by atoms with Gasteiger partial charge in [0.15, 0.2) is 0 Å². The van der Waals surface area contributed by atoms with Gasteiger partial charge in [0.1, 0.15) is 10.6 Å². The van der Waals surface area contributed by atoms with Crippen molar-refractivity contribution < 1.29 is 0 Å². The minimum absolute atomic E-state index is 0.486. The summed E-state index contributed by atoms with van der Waals surface area (Å²) < 4.78 is 0. The van der Waals surface area contributed by atoms with E-state index < -0.39 is 0 Å². The third-order valence-corrected chi connectivity index (χ3v) is 4.36. The molecule has 0 unspecified atom stereocenters. The highest BCUT2D eigenvalue weighted by Gasteiger charge is 2.21. The number of nitrogens with zero attached hydrogens (tertiary/aromatic N) is 3. The molecule has 0 amide bonds. The van der Waals surface area contributed by atoms with E-state index in [1.165, 1.54) is 19.3 Å². The van der Waals surface area contributed by atoms with Crippen LogP contribution in [0.25, 0.3) is 10.2 Å². The summed E-state index contributed by atoms with van der Waals surface area (Å²) in [5.41, 5.74) is 2.54. The zero-order valence-corrected chi connectivity index (χ0v) is 11.2. The molecule has 0 radical (unpaired) electrons. The topological polar surface area (TPSA) is 67.1 Å². The lowest BCUT2D eigenvalue weighted by Crippen LogP contribution is -2.30. The largest absolute Gasteiger partial charge is 0.359 e. The van der Waals surface area contributed by atoms with Crippen molar-refractivity contribution in [2.24, 2.45) is 11.8 Å². The minimum atomic E-state index is 0.486. The molecule has 3 N–H and O–H groups in total. The highest BCUT2D eigenvalue weighted by molar-refractivity contribution is 7.16. The highest BCUT2D eigenvalue weighted by atomic mass is 32.1. The molecule has 1 saturated carbocycles. The molecule has 2 aromatic heterocycles. The fourth-order valence-electron chi connectivity index (χ4n) is 2.34. The first-order valence-corrected chi connectivity index (χ1v) is 7.09. The van der Waals surface area contributed by atoms with Crippen LogP contribution < -0.4 is 16.2 Å². The molecule has 18 heavy (non-hydrogen) atoms. The number of aromatic nitrogens is 2. The molecule has 1 fully saturated rings. The van der Waals surface area contributed by atoms with Crippen LogP contribution in [0, 0.1) is 5.92 Å². The van der Waals surface area contributed by atoms with E-state index in [1.54, 1.807) is 11.3 Å². The second-order valence-corrected chi connectivity index (χ2v) is 5.73. The zero-order chi connectivity index (χ0) is 12.5. The van der Waals surface area contributed by atoms with E-state index in [9.17, 15) is 0 Å². The van der Waals surface area contributed by atoms with Gasteiger partial charge >= 0.3 is 0 Å². The second-order valence-electron chi connectivity index (χ2n) is 4.83. The van der Waals surface area contributed by atoms with Crippen LogP contribution >= 0.6 is 11.3 Å². The number of hydrazine groups is 1. The lowest BCUT2D eigenvalue weighted by Gasteiger charge is -2.31. The Bertz CT molecular complexity index is 548. The monoisotopic (exact) mass is 263 g/mol. The maximum Gasteiger partial charge on any atom is 0.240 e. The van der Waals surface area contributed by atoms with E-state index in [2.05, 4.69) is 33.4 Å². The van der Waals surface area contributed by atoms with Crippen LogP contribution in [0.4, 0.5) is 11.8 Å². The van der Waals surface area contributed by atoms with Gasteiger partial charge in [0.2, 0.25) is 5.95 Å². The molecule has 0 aromatic carbocycles. The van der Waals surface area contributed by atoms with Crippen molar-refractivity contribution in [1.29, 1.82) is 0 Å². The third kappa shape index (κ3) is 2.02. The molecular formula is C12H17N5S. The first-order valence-electron chi connectivity index (χ1n) is 6.21. The van der Waals surface area contributed by atoms with E-state index in [0.717, 1.165) is 28.5 Å². The molecule has 0 atom stereocenters. The smallest absolute Gasteiger partial charge is 0.240 e. The van der Waals surface area contributed by atoms with Gasteiger partial charge in [0, 0.05) is 13.6 Å². The van der Waals surface area contributed by atoms with E-state index in [4.69, 9.17) is 5.84 Å². The molecule has 1 aliphatic rings. The van der Waals surface area contributed by atoms with Gasteiger partial charge in [-0.25, -0.2) is 10.8 Å². The Morgan fingerprint density at radius 3 is 3.00 bits per heavy atom. The van der Waals surface area contributed by atoms with E-state index in [-0.39, 0.29) is 0 Å². The van der Waals surface area contributed by atoms with Crippen molar-refractivity contribution >= 4 is 33.3 Å². The number of hydrogen-bond acceptors (Lipinski definition) is 6. The first-order chi connectivity index (χ1) is 8.78. The van der Waals surface area contributed by atoms with Crippen LogP contribution in [0.1, 0.15) is 19.3 Å². The molecule has 0 aliphatic heterocycles. The summed E-state index contributed by atoms with van der Waals surface area (Å²) in [4.78, 5) is 12.0. The van der Waals surface area contributed by atoms with Gasteiger partial charge in [-0.2, -0.15) is 4.98 Å². The van der Waals surface area contributed by atoms with E-state index >= 15 is 0 Å². The quantitative estimate of drug-likeness (QED) is 0.654. The first kappa shape index (κ1) is 11.7. The lowest BCUT2D eigenvalue weighted by molar-refractivity contribution is 0.321. The molecule has 0 bridgehead atoms. The molecular weight excluding hydrogens is 246 g/mol. The summed E-state index contributed by atoms with van der Waals surface area (Å²) in [6, 6.07) is 2.08. The molecule has 96 valence electrons.